The van der Waals surface area contributed by atoms with Crippen molar-refractivity contribution in [3.8, 4) is 0 Å². The third-order valence-corrected chi connectivity index (χ3v) is 9.79. The molecule has 1 N–H and O–H groups in total. The number of hydrogen-bond donors (Lipinski definition) is 1. The number of aliphatic hydroxyl groups excluding tert-OH is 1. The van der Waals surface area contributed by atoms with Gasteiger partial charge < -0.3 is 14.6 Å². The molecule has 242 valence electrons. The predicted octanol–water partition coefficient (Wildman–Crippen LogP) is 11.4. The third-order valence-electron chi connectivity index (χ3n) is 9.79. The molecule has 0 aliphatic rings. The van der Waals surface area contributed by atoms with Crippen LogP contribution in [0.5, 0.6) is 0 Å². The van der Waals surface area contributed by atoms with Gasteiger partial charge in [-0.25, -0.2) is 0 Å². The van der Waals surface area contributed by atoms with E-state index in [-0.39, 0.29) is 23.0 Å². The second-order valence-corrected chi connectivity index (χ2v) is 14.0. The van der Waals surface area contributed by atoms with Gasteiger partial charge in [-0.05, 0) is 63.5 Å². The van der Waals surface area contributed by atoms with Gasteiger partial charge in [0.1, 0.15) is 0 Å². The summed E-state index contributed by atoms with van der Waals surface area (Å²) in [6.45, 7) is 28.1. The van der Waals surface area contributed by atoms with Crippen LogP contribution in [0.4, 0.5) is 0 Å². The first kappa shape index (κ1) is 36.2. The fraction of sp³-hybridized carbons (Fsp3) is 0.429. The van der Waals surface area contributed by atoms with Crippen molar-refractivity contribution in [2.45, 2.75) is 86.0 Å². The molecule has 0 aromatic heterocycles. The first-order chi connectivity index (χ1) is 21.3. The minimum Gasteiger partial charge on any atom is -0.388 e. The van der Waals surface area contributed by atoms with Crippen LogP contribution in [0.25, 0.3) is 18.2 Å². The first-order valence-corrected chi connectivity index (χ1v) is 16.4. The van der Waals surface area contributed by atoms with E-state index in [1.54, 1.807) is 0 Å². The van der Waals surface area contributed by atoms with E-state index in [0.29, 0.717) is 13.2 Å². The Kier molecular flexibility index (Phi) is 12.8. The zero-order valence-corrected chi connectivity index (χ0v) is 28.8. The van der Waals surface area contributed by atoms with Gasteiger partial charge in [0.15, 0.2) is 0 Å². The van der Waals surface area contributed by atoms with Gasteiger partial charge in [-0.3, -0.25) is 0 Å². The first-order valence-electron chi connectivity index (χ1n) is 16.4. The normalized spacial score (nSPS) is 14.4. The summed E-state index contributed by atoms with van der Waals surface area (Å²) in [7, 11) is 0. The highest BCUT2D eigenvalue weighted by Crippen LogP contribution is 2.45. The van der Waals surface area contributed by atoms with E-state index in [1.165, 1.54) is 5.56 Å². The van der Waals surface area contributed by atoms with Gasteiger partial charge in [0.05, 0.1) is 24.9 Å². The Balaban J connectivity index is 1.84. The molecule has 0 heterocycles. The van der Waals surface area contributed by atoms with Gasteiger partial charge in [-0.1, -0.05) is 159 Å². The maximum atomic E-state index is 11.4. The zero-order valence-electron chi connectivity index (χ0n) is 28.8. The molecule has 3 rings (SSSR count). The molecular weight excluding hydrogens is 552 g/mol. The number of rotatable bonds is 18. The van der Waals surface area contributed by atoms with Crippen LogP contribution in [-0.2, 0) is 9.47 Å². The fourth-order valence-corrected chi connectivity index (χ4v) is 5.92. The number of benzene rings is 3. The largest absolute Gasteiger partial charge is 0.388 e. The molecule has 0 aliphatic carbocycles. The smallest absolute Gasteiger partial charge is 0.0878 e. The lowest BCUT2D eigenvalue weighted by Crippen LogP contribution is -2.33. The number of hydrogen-bond acceptors (Lipinski definition) is 3. The number of ether oxygens (including phenoxy) is 2. The topological polar surface area (TPSA) is 38.7 Å². The van der Waals surface area contributed by atoms with Gasteiger partial charge in [0.25, 0.3) is 0 Å². The highest BCUT2D eigenvalue weighted by Gasteiger charge is 2.38. The van der Waals surface area contributed by atoms with Crippen LogP contribution < -0.4 is 0 Å². The van der Waals surface area contributed by atoms with Crippen molar-refractivity contribution in [3.63, 3.8) is 0 Å². The van der Waals surface area contributed by atoms with Gasteiger partial charge in [0, 0.05) is 12.0 Å². The molecule has 3 aromatic rings. The molecule has 3 unspecified atom stereocenters. The van der Waals surface area contributed by atoms with E-state index in [0.717, 1.165) is 47.1 Å². The van der Waals surface area contributed by atoms with Gasteiger partial charge >= 0.3 is 0 Å². The third kappa shape index (κ3) is 9.16. The lowest BCUT2D eigenvalue weighted by atomic mass is 9.76. The van der Waals surface area contributed by atoms with Gasteiger partial charge in [-0.15, -0.1) is 0 Å². The zero-order chi connectivity index (χ0) is 33.3. The fourth-order valence-electron chi connectivity index (χ4n) is 5.92. The van der Waals surface area contributed by atoms with Crippen LogP contribution >= 0.6 is 0 Å². The van der Waals surface area contributed by atoms with Crippen molar-refractivity contribution in [2.75, 3.05) is 13.2 Å². The Morgan fingerprint density at radius 3 is 1.40 bits per heavy atom. The van der Waals surface area contributed by atoms with Crippen molar-refractivity contribution in [1.29, 1.82) is 0 Å². The van der Waals surface area contributed by atoms with Crippen molar-refractivity contribution in [1.82, 2.24) is 0 Å². The quantitative estimate of drug-likeness (QED) is 0.156. The summed E-state index contributed by atoms with van der Waals surface area (Å²) < 4.78 is 13.7. The molecule has 3 heteroatoms. The molecule has 0 bridgehead atoms. The second-order valence-electron chi connectivity index (χ2n) is 14.0. The Hall–Kier alpha value is -3.24. The van der Waals surface area contributed by atoms with E-state index >= 15 is 0 Å². The summed E-state index contributed by atoms with van der Waals surface area (Å²) in [5.41, 5.74) is 5.63. The van der Waals surface area contributed by atoms with E-state index < -0.39 is 11.5 Å². The minimum absolute atomic E-state index is 0.0142. The van der Waals surface area contributed by atoms with E-state index in [1.807, 2.05) is 42.5 Å². The Bertz CT molecular complexity index is 1360. The van der Waals surface area contributed by atoms with Crippen LogP contribution in [0.1, 0.15) is 119 Å². The predicted molar refractivity (Wildman–Crippen MR) is 193 cm³/mol. The monoisotopic (exact) mass is 608 g/mol. The summed E-state index contributed by atoms with van der Waals surface area (Å²) in [6, 6.07) is 25.0. The average Bonchev–Trinajstić information content (AvgIpc) is 3.06. The van der Waals surface area contributed by atoms with E-state index in [2.05, 4.69) is 117 Å². The molecule has 0 aliphatic heterocycles. The van der Waals surface area contributed by atoms with E-state index in [4.69, 9.17) is 9.47 Å². The molecule has 3 nitrogen and oxygen atoms in total. The molecule has 3 aromatic carbocycles. The van der Waals surface area contributed by atoms with Crippen LogP contribution in [-0.4, -0.2) is 18.3 Å². The van der Waals surface area contributed by atoms with Crippen LogP contribution in [0.3, 0.4) is 0 Å². The van der Waals surface area contributed by atoms with Crippen LogP contribution in [0, 0.1) is 16.2 Å². The van der Waals surface area contributed by atoms with Crippen molar-refractivity contribution < 1.29 is 14.6 Å². The molecule has 0 fully saturated rings. The molecule has 0 saturated heterocycles. The lowest BCUT2D eigenvalue weighted by Gasteiger charge is -2.40. The molecule has 0 amide bonds. The lowest BCUT2D eigenvalue weighted by molar-refractivity contribution is -0.105. The average molecular weight is 609 g/mol. The van der Waals surface area contributed by atoms with E-state index in [9.17, 15) is 5.11 Å². The molecule has 0 saturated carbocycles. The number of aliphatic hydroxyl groups is 1. The Morgan fingerprint density at radius 1 is 0.600 bits per heavy atom. The molecule has 0 spiro atoms. The SMILES string of the molecule is C=Cc1ccc(C(O)C(C)(C)COC(c2ccc(C=C)cc2)C(C)(C)CCOC(c2ccc(C=C)cc2)C(C)(CC)CC)cc1. The van der Waals surface area contributed by atoms with Crippen molar-refractivity contribution in [3.05, 3.63) is 126 Å². The molecular formula is C42H56O3. The van der Waals surface area contributed by atoms with Crippen LogP contribution in [0.2, 0.25) is 0 Å². The summed E-state index contributed by atoms with van der Waals surface area (Å²) in [6.07, 6.45) is 7.49. The standard InChI is InChI=1S/C42H56O3/c1-11-31-16-22-34(23-17-31)37(43)41(8,9)30-45-38(35-24-18-32(12-2)19-25-35)40(6,7)28-29-44-39(42(10,14-4)15-5)36-26-20-33(13-3)21-27-36/h11-13,16-27,37-39,43H,1-3,14-15,28-30H2,4-10H3. The summed E-state index contributed by atoms with van der Waals surface area (Å²) in [4.78, 5) is 0. The maximum absolute atomic E-state index is 11.4. The summed E-state index contributed by atoms with van der Waals surface area (Å²) in [5, 5.41) is 11.4. The summed E-state index contributed by atoms with van der Waals surface area (Å²) in [5.74, 6) is 0. The van der Waals surface area contributed by atoms with Crippen LogP contribution in [0.15, 0.2) is 92.5 Å². The second kappa shape index (κ2) is 15.9. The minimum atomic E-state index is -0.680. The molecule has 45 heavy (non-hydrogen) atoms. The highest BCUT2D eigenvalue weighted by molar-refractivity contribution is 5.49. The van der Waals surface area contributed by atoms with Crippen molar-refractivity contribution >= 4 is 18.2 Å². The Morgan fingerprint density at radius 2 is 1.00 bits per heavy atom. The summed E-state index contributed by atoms with van der Waals surface area (Å²) >= 11 is 0. The highest BCUT2D eigenvalue weighted by atomic mass is 16.5. The van der Waals surface area contributed by atoms with Gasteiger partial charge in [0.2, 0.25) is 0 Å². The van der Waals surface area contributed by atoms with Gasteiger partial charge in [-0.2, -0.15) is 0 Å². The maximum Gasteiger partial charge on any atom is 0.0878 e. The Labute approximate surface area is 273 Å². The molecule has 3 atom stereocenters. The molecule has 0 radical (unpaired) electrons. The van der Waals surface area contributed by atoms with Crippen molar-refractivity contribution in [2.24, 2.45) is 16.2 Å².